The Morgan fingerprint density at radius 1 is 1.25 bits per heavy atom. The van der Waals surface area contributed by atoms with E-state index in [2.05, 4.69) is 0 Å². The van der Waals surface area contributed by atoms with E-state index in [0.717, 1.165) is 5.56 Å². The summed E-state index contributed by atoms with van der Waals surface area (Å²) in [6.45, 7) is 1.86. The van der Waals surface area contributed by atoms with Crippen molar-refractivity contribution >= 4 is 23.2 Å². The smallest absolute Gasteiger partial charge is 0.131 e. The Hall–Kier alpha value is -1.29. The fraction of sp³-hybridized carbons (Fsp3) is 0.200. The van der Waals surface area contributed by atoms with Crippen molar-refractivity contribution in [3.05, 3.63) is 63.4 Å². The first-order valence-corrected chi connectivity index (χ1v) is 6.85. The van der Waals surface area contributed by atoms with Gasteiger partial charge in [0.2, 0.25) is 0 Å². The van der Waals surface area contributed by atoms with E-state index in [4.69, 9.17) is 33.7 Å². The highest BCUT2D eigenvalue weighted by molar-refractivity contribution is 6.31. The van der Waals surface area contributed by atoms with Gasteiger partial charge in [0, 0.05) is 22.2 Å². The van der Waals surface area contributed by atoms with E-state index in [9.17, 15) is 4.39 Å². The van der Waals surface area contributed by atoms with Gasteiger partial charge in [-0.25, -0.2) is 4.39 Å². The molecule has 0 unspecified atom stereocenters. The molecule has 2 N–H and O–H groups in total. The van der Waals surface area contributed by atoms with Crippen LogP contribution in [0.5, 0.6) is 5.75 Å². The molecule has 106 valence electrons. The second-order valence-electron chi connectivity index (χ2n) is 4.46. The molecule has 20 heavy (non-hydrogen) atoms. The third-order valence-corrected chi connectivity index (χ3v) is 3.49. The Labute approximate surface area is 127 Å². The molecule has 0 amide bonds. The molecule has 5 heteroatoms. The van der Waals surface area contributed by atoms with Crippen LogP contribution in [0, 0.1) is 5.82 Å². The molecule has 0 aromatic heterocycles. The van der Waals surface area contributed by atoms with Crippen LogP contribution in [0.2, 0.25) is 10.0 Å². The summed E-state index contributed by atoms with van der Waals surface area (Å²) in [5.74, 6) is 0.178. The van der Waals surface area contributed by atoms with Crippen molar-refractivity contribution in [1.29, 1.82) is 0 Å². The maximum atomic E-state index is 13.7. The van der Waals surface area contributed by atoms with Crippen LogP contribution < -0.4 is 10.5 Å². The third-order valence-electron chi connectivity index (χ3n) is 2.90. The van der Waals surface area contributed by atoms with E-state index in [1.807, 2.05) is 6.92 Å². The normalized spacial score (nSPS) is 12.2. The van der Waals surface area contributed by atoms with Crippen LogP contribution in [0.3, 0.4) is 0 Å². The number of hydrogen-bond acceptors (Lipinski definition) is 2. The summed E-state index contributed by atoms with van der Waals surface area (Å²) < 4.78 is 19.3. The van der Waals surface area contributed by atoms with Crippen LogP contribution >= 0.6 is 23.2 Å². The summed E-state index contributed by atoms with van der Waals surface area (Å²) in [6, 6.07) is 9.44. The van der Waals surface area contributed by atoms with Crippen molar-refractivity contribution in [1.82, 2.24) is 0 Å². The van der Waals surface area contributed by atoms with Crippen molar-refractivity contribution in [3.63, 3.8) is 0 Å². The lowest BCUT2D eigenvalue weighted by molar-refractivity contribution is 0.295. The van der Waals surface area contributed by atoms with Crippen LogP contribution in [-0.4, -0.2) is 0 Å². The van der Waals surface area contributed by atoms with E-state index in [1.54, 1.807) is 30.3 Å². The molecule has 0 aliphatic rings. The van der Waals surface area contributed by atoms with Gasteiger partial charge in [-0.05, 0) is 37.3 Å². The molecular weight excluding hydrogens is 300 g/mol. The molecule has 0 saturated heterocycles. The van der Waals surface area contributed by atoms with Gasteiger partial charge in [-0.15, -0.1) is 0 Å². The Balaban J connectivity index is 2.23. The molecule has 0 aliphatic heterocycles. The molecule has 1 atom stereocenters. The monoisotopic (exact) mass is 313 g/mol. The summed E-state index contributed by atoms with van der Waals surface area (Å²) in [6.07, 6.45) is 0. The molecule has 0 radical (unpaired) electrons. The highest BCUT2D eigenvalue weighted by Gasteiger charge is 2.12. The van der Waals surface area contributed by atoms with Gasteiger partial charge in [0.15, 0.2) is 0 Å². The summed E-state index contributed by atoms with van der Waals surface area (Å²) in [4.78, 5) is 0. The predicted molar refractivity (Wildman–Crippen MR) is 79.8 cm³/mol. The van der Waals surface area contributed by atoms with Crippen molar-refractivity contribution in [2.75, 3.05) is 0 Å². The number of ether oxygens (including phenoxy) is 1. The zero-order chi connectivity index (χ0) is 14.7. The molecule has 0 heterocycles. The fourth-order valence-electron chi connectivity index (χ4n) is 1.83. The maximum Gasteiger partial charge on any atom is 0.131 e. The van der Waals surface area contributed by atoms with Crippen molar-refractivity contribution in [2.24, 2.45) is 5.73 Å². The van der Waals surface area contributed by atoms with Crippen LogP contribution in [0.25, 0.3) is 0 Å². The minimum absolute atomic E-state index is 0.0346. The largest absolute Gasteiger partial charge is 0.488 e. The van der Waals surface area contributed by atoms with Gasteiger partial charge in [-0.3, -0.25) is 0 Å². The molecule has 0 aliphatic carbocycles. The van der Waals surface area contributed by atoms with E-state index >= 15 is 0 Å². The minimum Gasteiger partial charge on any atom is -0.488 e. The van der Waals surface area contributed by atoms with Gasteiger partial charge in [0.1, 0.15) is 18.2 Å². The zero-order valence-corrected chi connectivity index (χ0v) is 12.4. The maximum absolute atomic E-state index is 13.7. The lowest BCUT2D eigenvalue weighted by atomic mass is 10.1. The lowest BCUT2D eigenvalue weighted by Crippen LogP contribution is -2.08. The van der Waals surface area contributed by atoms with Gasteiger partial charge >= 0.3 is 0 Å². The standard InChI is InChI=1S/C15H14Cl2FNO/c1-9(19)11-7-10(16)5-6-15(11)20-8-12-13(17)3-2-4-14(12)18/h2-7,9H,8,19H2,1H3/t9-/m1/s1. The number of hydrogen-bond donors (Lipinski definition) is 1. The molecule has 2 nitrogen and oxygen atoms in total. The quantitative estimate of drug-likeness (QED) is 0.885. The van der Waals surface area contributed by atoms with Gasteiger partial charge in [0.05, 0.1) is 5.02 Å². The number of rotatable bonds is 4. The Morgan fingerprint density at radius 3 is 2.65 bits per heavy atom. The molecule has 2 aromatic carbocycles. The summed E-state index contributed by atoms with van der Waals surface area (Å²) in [7, 11) is 0. The molecular formula is C15H14Cl2FNO. The SMILES string of the molecule is C[C@@H](N)c1cc(Cl)ccc1OCc1c(F)cccc1Cl. The highest BCUT2D eigenvalue weighted by atomic mass is 35.5. The fourth-order valence-corrected chi connectivity index (χ4v) is 2.22. The first-order valence-electron chi connectivity index (χ1n) is 6.09. The van der Waals surface area contributed by atoms with Crippen LogP contribution in [0.4, 0.5) is 4.39 Å². The van der Waals surface area contributed by atoms with Crippen LogP contribution in [0.15, 0.2) is 36.4 Å². The predicted octanol–water partition coefficient (Wildman–Crippen LogP) is 4.73. The van der Waals surface area contributed by atoms with E-state index in [0.29, 0.717) is 21.4 Å². The molecule has 0 spiro atoms. The topological polar surface area (TPSA) is 35.2 Å². The van der Waals surface area contributed by atoms with E-state index in [-0.39, 0.29) is 12.6 Å². The summed E-state index contributed by atoms with van der Waals surface area (Å²) in [5.41, 5.74) is 6.96. The van der Waals surface area contributed by atoms with Gasteiger partial charge < -0.3 is 10.5 Å². The number of benzene rings is 2. The van der Waals surface area contributed by atoms with Gasteiger partial charge in [0.25, 0.3) is 0 Å². The highest BCUT2D eigenvalue weighted by Crippen LogP contribution is 2.29. The molecule has 0 saturated carbocycles. The lowest BCUT2D eigenvalue weighted by Gasteiger charge is -2.15. The van der Waals surface area contributed by atoms with Gasteiger partial charge in [-0.2, -0.15) is 0 Å². The average Bonchev–Trinajstić information content (AvgIpc) is 2.39. The Bertz CT molecular complexity index is 597. The number of halogens is 3. The summed E-state index contributed by atoms with van der Waals surface area (Å²) >= 11 is 11.9. The van der Waals surface area contributed by atoms with E-state index < -0.39 is 5.82 Å². The minimum atomic E-state index is -0.395. The first kappa shape index (κ1) is 15.1. The summed E-state index contributed by atoms with van der Waals surface area (Å²) in [5, 5.41) is 0.912. The number of nitrogens with two attached hydrogens (primary N) is 1. The Morgan fingerprint density at radius 2 is 2.00 bits per heavy atom. The molecule has 0 fully saturated rings. The van der Waals surface area contributed by atoms with Crippen molar-refractivity contribution < 1.29 is 9.13 Å². The van der Waals surface area contributed by atoms with Gasteiger partial charge in [-0.1, -0.05) is 29.3 Å². The molecule has 0 bridgehead atoms. The molecule has 2 aromatic rings. The zero-order valence-electron chi connectivity index (χ0n) is 10.9. The van der Waals surface area contributed by atoms with Crippen LogP contribution in [-0.2, 0) is 6.61 Å². The first-order chi connectivity index (χ1) is 9.49. The van der Waals surface area contributed by atoms with Crippen molar-refractivity contribution in [2.45, 2.75) is 19.6 Å². The Kier molecular flexibility index (Phi) is 4.86. The average molecular weight is 314 g/mol. The third kappa shape index (κ3) is 3.42. The van der Waals surface area contributed by atoms with E-state index in [1.165, 1.54) is 6.07 Å². The second kappa shape index (κ2) is 6.44. The van der Waals surface area contributed by atoms with Crippen molar-refractivity contribution in [3.8, 4) is 5.75 Å². The van der Waals surface area contributed by atoms with Crippen LogP contribution in [0.1, 0.15) is 24.1 Å². The molecule has 2 rings (SSSR count). The second-order valence-corrected chi connectivity index (χ2v) is 5.30.